The summed E-state index contributed by atoms with van der Waals surface area (Å²) in [5.41, 5.74) is 0.822. The van der Waals surface area contributed by atoms with Crippen LogP contribution in [0.5, 0.6) is 5.75 Å². The fraction of sp³-hybridized carbons (Fsp3) is 0.316. The number of carbonyl (C=O) groups excluding carboxylic acids is 1. The van der Waals surface area contributed by atoms with Crippen molar-refractivity contribution in [2.24, 2.45) is 0 Å². The molecule has 134 valence electrons. The Morgan fingerprint density at radius 1 is 1.23 bits per heavy atom. The molecule has 0 bridgehead atoms. The average Bonchev–Trinajstić information content (AvgIpc) is 3.15. The van der Waals surface area contributed by atoms with Crippen LogP contribution in [0.25, 0.3) is 5.78 Å². The second-order valence-corrected chi connectivity index (χ2v) is 6.30. The molecule has 3 heterocycles. The lowest BCUT2D eigenvalue weighted by Crippen LogP contribution is -2.41. The molecule has 1 amide bonds. The number of carbonyl (C=O) groups is 1. The second kappa shape index (κ2) is 7.11. The molecule has 0 aliphatic carbocycles. The Morgan fingerprint density at radius 3 is 3.00 bits per heavy atom. The highest BCUT2D eigenvalue weighted by Gasteiger charge is 2.29. The molecule has 0 unspecified atom stereocenters. The molecular weight excluding hydrogens is 335 g/mol. The maximum absolute atomic E-state index is 13.7. The molecule has 1 aromatic carbocycles. The van der Waals surface area contributed by atoms with E-state index in [1.165, 1.54) is 12.1 Å². The van der Waals surface area contributed by atoms with Crippen molar-refractivity contribution in [2.75, 3.05) is 13.2 Å². The standard InChI is InChI=1S/C19H19FN4O2/c20-14-5-1-2-7-17(14)26-13-18(25)24-10-4-3-6-16(24)15-8-11-23-12-9-21-19(23)22-15/h1-2,5,7-9,11-12,16H,3-4,6,10,13H2/t16-/m0/s1. The first kappa shape index (κ1) is 16.5. The molecule has 0 N–H and O–H groups in total. The van der Waals surface area contributed by atoms with E-state index in [1.807, 2.05) is 22.9 Å². The van der Waals surface area contributed by atoms with E-state index in [9.17, 15) is 9.18 Å². The van der Waals surface area contributed by atoms with Gasteiger partial charge in [-0.3, -0.25) is 9.20 Å². The molecule has 0 spiro atoms. The van der Waals surface area contributed by atoms with Crippen LogP contribution < -0.4 is 4.74 Å². The molecule has 1 aliphatic rings. The number of benzene rings is 1. The van der Waals surface area contributed by atoms with Gasteiger partial charge in [0.2, 0.25) is 5.78 Å². The van der Waals surface area contributed by atoms with Gasteiger partial charge in [-0.15, -0.1) is 0 Å². The minimum absolute atomic E-state index is 0.0892. The molecule has 3 aromatic rings. The third-order valence-electron chi connectivity index (χ3n) is 4.64. The summed E-state index contributed by atoms with van der Waals surface area (Å²) in [4.78, 5) is 23.3. The van der Waals surface area contributed by atoms with Crippen LogP contribution in [-0.4, -0.2) is 38.3 Å². The van der Waals surface area contributed by atoms with E-state index in [1.54, 1.807) is 23.2 Å². The van der Waals surface area contributed by atoms with E-state index in [-0.39, 0.29) is 24.3 Å². The highest BCUT2D eigenvalue weighted by atomic mass is 19.1. The van der Waals surface area contributed by atoms with Crippen molar-refractivity contribution < 1.29 is 13.9 Å². The highest BCUT2D eigenvalue weighted by Crippen LogP contribution is 2.30. The molecule has 2 aromatic heterocycles. The minimum Gasteiger partial charge on any atom is -0.481 e. The number of hydrogen-bond donors (Lipinski definition) is 0. The summed E-state index contributed by atoms with van der Waals surface area (Å²) >= 11 is 0. The maximum Gasteiger partial charge on any atom is 0.261 e. The number of fused-ring (bicyclic) bond motifs is 1. The van der Waals surface area contributed by atoms with Gasteiger partial charge in [-0.25, -0.2) is 14.4 Å². The Morgan fingerprint density at radius 2 is 2.12 bits per heavy atom. The Bertz CT molecular complexity index is 927. The number of para-hydroxylation sites is 1. The SMILES string of the molecule is O=C(COc1ccccc1F)N1CCCC[C@H]1c1ccn2ccnc2n1. The molecule has 6 nitrogen and oxygen atoms in total. The number of ether oxygens (including phenoxy) is 1. The summed E-state index contributed by atoms with van der Waals surface area (Å²) in [6, 6.07) is 7.90. The molecule has 1 atom stereocenters. The van der Waals surface area contributed by atoms with Gasteiger partial charge in [0, 0.05) is 25.1 Å². The third kappa shape index (κ3) is 3.24. The summed E-state index contributed by atoms with van der Waals surface area (Å²) in [5, 5.41) is 0. The van der Waals surface area contributed by atoms with Gasteiger partial charge in [0.05, 0.1) is 11.7 Å². The molecule has 1 aliphatic heterocycles. The summed E-state index contributed by atoms with van der Waals surface area (Å²) in [6.45, 7) is 0.453. The summed E-state index contributed by atoms with van der Waals surface area (Å²) < 4.78 is 20.9. The lowest BCUT2D eigenvalue weighted by atomic mass is 9.99. The van der Waals surface area contributed by atoms with Gasteiger partial charge in [0.1, 0.15) is 0 Å². The van der Waals surface area contributed by atoms with Crippen LogP contribution in [0.3, 0.4) is 0 Å². The van der Waals surface area contributed by atoms with Gasteiger partial charge in [0.25, 0.3) is 5.91 Å². The topological polar surface area (TPSA) is 59.7 Å². The van der Waals surface area contributed by atoms with Crippen LogP contribution in [0.15, 0.2) is 48.9 Å². The van der Waals surface area contributed by atoms with Crippen molar-refractivity contribution in [3.8, 4) is 5.75 Å². The number of hydrogen-bond acceptors (Lipinski definition) is 4. The molecule has 1 fully saturated rings. The van der Waals surface area contributed by atoms with Crippen molar-refractivity contribution in [1.29, 1.82) is 0 Å². The number of imidazole rings is 1. The first-order valence-corrected chi connectivity index (χ1v) is 8.69. The van der Waals surface area contributed by atoms with Gasteiger partial charge in [-0.1, -0.05) is 12.1 Å². The lowest BCUT2D eigenvalue weighted by molar-refractivity contribution is -0.137. The van der Waals surface area contributed by atoms with Gasteiger partial charge >= 0.3 is 0 Å². The fourth-order valence-electron chi connectivity index (χ4n) is 3.32. The van der Waals surface area contributed by atoms with Gasteiger partial charge in [0.15, 0.2) is 18.2 Å². The molecule has 26 heavy (non-hydrogen) atoms. The highest BCUT2D eigenvalue weighted by molar-refractivity contribution is 5.78. The normalized spacial score (nSPS) is 17.4. The van der Waals surface area contributed by atoms with E-state index in [4.69, 9.17) is 4.74 Å². The molecule has 4 rings (SSSR count). The van der Waals surface area contributed by atoms with E-state index in [0.29, 0.717) is 12.3 Å². The molecule has 0 saturated carbocycles. The zero-order chi connectivity index (χ0) is 17.9. The predicted octanol–water partition coefficient (Wildman–Crippen LogP) is 3.00. The number of rotatable bonds is 4. The Hall–Kier alpha value is -2.96. The number of likely N-dealkylation sites (tertiary alicyclic amines) is 1. The quantitative estimate of drug-likeness (QED) is 0.723. The maximum atomic E-state index is 13.7. The van der Waals surface area contributed by atoms with Crippen LogP contribution in [0, 0.1) is 5.82 Å². The Balaban J connectivity index is 1.51. The van der Waals surface area contributed by atoms with Crippen LogP contribution in [0.4, 0.5) is 4.39 Å². The van der Waals surface area contributed by atoms with Crippen LogP contribution in [0.2, 0.25) is 0 Å². The largest absolute Gasteiger partial charge is 0.481 e. The van der Waals surface area contributed by atoms with Crippen molar-refractivity contribution >= 4 is 11.7 Å². The average molecular weight is 354 g/mol. The monoisotopic (exact) mass is 354 g/mol. The number of nitrogens with zero attached hydrogens (tertiary/aromatic N) is 4. The second-order valence-electron chi connectivity index (χ2n) is 6.30. The molecule has 1 saturated heterocycles. The molecule has 0 radical (unpaired) electrons. The first-order chi connectivity index (χ1) is 12.7. The van der Waals surface area contributed by atoms with Gasteiger partial charge < -0.3 is 9.64 Å². The number of halogens is 1. The first-order valence-electron chi connectivity index (χ1n) is 8.69. The van der Waals surface area contributed by atoms with E-state index < -0.39 is 5.82 Å². The Labute approximate surface area is 150 Å². The molecule has 7 heteroatoms. The molecular formula is C19H19FN4O2. The number of piperidine rings is 1. The zero-order valence-corrected chi connectivity index (χ0v) is 14.2. The zero-order valence-electron chi connectivity index (χ0n) is 14.2. The van der Waals surface area contributed by atoms with E-state index >= 15 is 0 Å². The van der Waals surface area contributed by atoms with Crippen molar-refractivity contribution in [1.82, 2.24) is 19.3 Å². The third-order valence-corrected chi connectivity index (χ3v) is 4.64. The van der Waals surface area contributed by atoms with Crippen molar-refractivity contribution in [2.45, 2.75) is 25.3 Å². The van der Waals surface area contributed by atoms with Gasteiger partial charge in [-0.05, 0) is 37.5 Å². The Kier molecular flexibility index (Phi) is 4.51. The minimum atomic E-state index is -0.470. The van der Waals surface area contributed by atoms with Crippen LogP contribution in [0.1, 0.15) is 31.0 Å². The summed E-state index contributed by atoms with van der Waals surface area (Å²) in [7, 11) is 0. The van der Waals surface area contributed by atoms with Crippen molar-refractivity contribution in [3.05, 3.63) is 60.4 Å². The van der Waals surface area contributed by atoms with E-state index in [2.05, 4.69) is 9.97 Å². The van der Waals surface area contributed by atoms with Crippen LogP contribution >= 0.6 is 0 Å². The lowest BCUT2D eigenvalue weighted by Gasteiger charge is -2.35. The summed E-state index contributed by atoms with van der Waals surface area (Å²) in [5.74, 6) is 0.0688. The van der Waals surface area contributed by atoms with Crippen molar-refractivity contribution in [3.63, 3.8) is 0 Å². The van der Waals surface area contributed by atoms with Crippen LogP contribution in [-0.2, 0) is 4.79 Å². The smallest absolute Gasteiger partial charge is 0.261 e. The predicted molar refractivity (Wildman–Crippen MR) is 93.2 cm³/mol. The van der Waals surface area contributed by atoms with E-state index in [0.717, 1.165) is 25.0 Å². The fourth-order valence-corrected chi connectivity index (χ4v) is 3.32. The summed E-state index contributed by atoms with van der Waals surface area (Å²) in [6.07, 6.45) is 8.24. The number of aromatic nitrogens is 3. The number of amides is 1. The van der Waals surface area contributed by atoms with Gasteiger partial charge in [-0.2, -0.15) is 0 Å².